The van der Waals surface area contributed by atoms with Gasteiger partial charge in [0.15, 0.2) is 0 Å². The van der Waals surface area contributed by atoms with Crippen LogP contribution in [0.2, 0.25) is 0 Å². The average Bonchev–Trinajstić information content (AvgIpc) is 3.12. The van der Waals surface area contributed by atoms with Crippen molar-refractivity contribution in [2.45, 2.75) is 5.75 Å². The summed E-state index contributed by atoms with van der Waals surface area (Å²) in [5.74, 6) is 0.871. The first-order chi connectivity index (χ1) is 11.7. The molecule has 7 nitrogen and oxygen atoms in total. The van der Waals surface area contributed by atoms with Gasteiger partial charge >= 0.3 is 0 Å². The average molecular weight is 341 g/mol. The van der Waals surface area contributed by atoms with E-state index in [0.717, 1.165) is 16.7 Å². The van der Waals surface area contributed by atoms with E-state index in [-0.39, 0.29) is 17.4 Å². The first kappa shape index (κ1) is 16.0. The minimum absolute atomic E-state index is 0.214. The van der Waals surface area contributed by atoms with Gasteiger partial charge in [-0.3, -0.25) is 20.4 Å². The van der Waals surface area contributed by atoms with Crippen LogP contribution in [-0.4, -0.2) is 32.5 Å². The molecular formula is C16H15N5O2S. The fraction of sp³-hybridized carbons (Fsp3) is 0.125. The Bertz CT molecular complexity index is 851. The summed E-state index contributed by atoms with van der Waals surface area (Å²) >= 11 is 1.40. The van der Waals surface area contributed by atoms with E-state index in [9.17, 15) is 9.59 Å². The number of imidazole rings is 1. The molecule has 0 unspecified atom stereocenters. The van der Waals surface area contributed by atoms with Crippen LogP contribution < -0.4 is 10.9 Å². The Hall–Kier alpha value is -2.87. The first-order valence-corrected chi connectivity index (χ1v) is 8.39. The summed E-state index contributed by atoms with van der Waals surface area (Å²) in [6, 6.07) is 10.9. The van der Waals surface area contributed by atoms with Crippen molar-refractivity contribution in [2.24, 2.45) is 0 Å². The van der Waals surface area contributed by atoms with Crippen LogP contribution in [0.1, 0.15) is 16.3 Å². The zero-order chi connectivity index (χ0) is 16.8. The van der Waals surface area contributed by atoms with Gasteiger partial charge in [-0.05, 0) is 12.1 Å². The molecule has 0 saturated heterocycles. The molecule has 1 aromatic carbocycles. The first-order valence-electron chi connectivity index (χ1n) is 7.23. The molecule has 0 aliphatic heterocycles. The minimum atomic E-state index is -0.454. The van der Waals surface area contributed by atoms with E-state index in [0.29, 0.717) is 5.75 Å². The molecule has 0 aliphatic carbocycles. The summed E-state index contributed by atoms with van der Waals surface area (Å²) in [5.41, 5.74) is 5.72. The Morgan fingerprint density at radius 1 is 1.12 bits per heavy atom. The fourth-order valence-electron chi connectivity index (χ4n) is 2.04. The third kappa shape index (κ3) is 4.11. The quantitative estimate of drug-likeness (QED) is 0.613. The maximum atomic E-state index is 12.0. The molecular weight excluding hydrogens is 326 g/mol. The van der Waals surface area contributed by atoms with Gasteiger partial charge in [-0.2, -0.15) is 0 Å². The number of fused-ring (bicyclic) bond motifs is 1. The maximum Gasteiger partial charge on any atom is 0.288 e. The monoisotopic (exact) mass is 341 g/mol. The van der Waals surface area contributed by atoms with Gasteiger partial charge < -0.3 is 4.98 Å². The highest BCUT2D eigenvalue weighted by molar-refractivity contribution is 7.99. The number of pyridine rings is 1. The topological polar surface area (TPSA) is 99.8 Å². The van der Waals surface area contributed by atoms with Gasteiger partial charge in [0.25, 0.3) is 5.91 Å². The Morgan fingerprint density at radius 3 is 2.83 bits per heavy atom. The van der Waals surface area contributed by atoms with Crippen LogP contribution in [-0.2, 0) is 10.5 Å². The maximum absolute atomic E-state index is 12.0. The molecule has 0 bridgehead atoms. The second-order valence-electron chi connectivity index (χ2n) is 4.92. The minimum Gasteiger partial charge on any atom is -0.348 e. The SMILES string of the molecule is O=C(CSCc1ncc[nH]1)NNC(=O)c1ccc2ccccc2n1. The number of nitrogens with zero attached hydrogens (tertiary/aromatic N) is 2. The van der Waals surface area contributed by atoms with Crippen molar-refractivity contribution in [2.75, 3.05) is 5.75 Å². The molecule has 8 heteroatoms. The van der Waals surface area contributed by atoms with E-state index in [1.165, 1.54) is 11.8 Å². The molecule has 0 spiro atoms. The molecule has 0 aliphatic rings. The number of carbonyl (C=O) groups is 2. The Labute approximate surface area is 142 Å². The summed E-state index contributed by atoms with van der Waals surface area (Å²) in [4.78, 5) is 35.1. The summed E-state index contributed by atoms with van der Waals surface area (Å²) in [6.07, 6.45) is 3.39. The van der Waals surface area contributed by atoms with Crippen LogP contribution in [0.3, 0.4) is 0 Å². The highest BCUT2D eigenvalue weighted by Crippen LogP contribution is 2.11. The summed E-state index contributed by atoms with van der Waals surface area (Å²) in [6.45, 7) is 0. The molecule has 2 heterocycles. The number of aromatic nitrogens is 3. The van der Waals surface area contributed by atoms with Crippen molar-refractivity contribution >= 4 is 34.5 Å². The van der Waals surface area contributed by atoms with Crippen LogP contribution in [0.4, 0.5) is 0 Å². The number of carbonyl (C=O) groups excluding carboxylic acids is 2. The van der Waals surface area contributed by atoms with E-state index < -0.39 is 5.91 Å². The van der Waals surface area contributed by atoms with Crippen LogP contribution >= 0.6 is 11.8 Å². The standard InChI is InChI=1S/C16H15N5O2S/c22-15(10-24-9-14-17-7-8-18-14)20-21-16(23)13-6-5-11-3-1-2-4-12(11)19-13/h1-8H,9-10H2,(H,17,18)(H,20,22)(H,21,23). The van der Waals surface area contributed by atoms with Crippen LogP contribution in [0.25, 0.3) is 10.9 Å². The number of aromatic amines is 1. The number of thioether (sulfide) groups is 1. The number of H-pyrrole nitrogens is 1. The number of benzene rings is 1. The van der Waals surface area contributed by atoms with Crippen LogP contribution in [0.15, 0.2) is 48.8 Å². The Morgan fingerprint density at radius 2 is 2.00 bits per heavy atom. The normalized spacial score (nSPS) is 10.5. The molecule has 3 rings (SSSR count). The molecule has 0 atom stereocenters. The van der Waals surface area contributed by atoms with E-state index in [4.69, 9.17) is 0 Å². The van der Waals surface area contributed by atoms with Gasteiger partial charge in [0.05, 0.1) is 17.0 Å². The van der Waals surface area contributed by atoms with E-state index in [1.807, 2.05) is 30.3 Å². The number of rotatable bonds is 5. The van der Waals surface area contributed by atoms with Crippen molar-refractivity contribution in [1.29, 1.82) is 0 Å². The Balaban J connectivity index is 1.48. The zero-order valence-electron chi connectivity index (χ0n) is 12.7. The van der Waals surface area contributed by atoms with Gasteiger partial charge in [0.1, 0.15) is 11.5 Å². The molecule has 0 saturated carbocycles. The molecule has 122 valence electrons. The lowest BCUT2D eigenvalue weighted by Crippen LogP contribution is -2.42. The number of amides is 2. The Kier molecular flexibility index (Phi) is 5.07. The summed E-state index contributed by atoms with van der Waals surface area (Å²) in [7, 11) is 0. The van der Waals surface area contributed by atoms with Crippen molar-refractivity contribution in [3.8, 4) is 0 Å². The largest absolute Gasteiger partial charge is 0.348 e. The molecule has 0 radical (unpaired) electrons. The lowest BCUT2D eigenvalue weighted by molar-refractivity contribution is -0.119. The number of hydrogen-bond donors (Lipinski definition) is 3. The molecule has 2 aromatic heterocycles. The highest BCUT2D eigenvalue weighted by atomic mass is 32.2. The second kappa shape index (κ2) is 7.60. The summed E-state index contributed by atoms with van der Waals surface area (Å²) < 4.78 is 0. The smallest absolute Gasteiger partial charge is 0.288 e. The van der Waals surface area contributed by atoms with Gasteiger partial charge in [0, 0.05) is 17.8 Å². The fourth-order valence-corrected chi connectivity index (χ4v) is 2.75. The molecule has 24 heavy (non-hydrogen) atoms. The predicted molar refractivity (Wildman–Crippen MR) is 92.1 cm³/mol. The predicted octanol–water partition coefficient (Wildman–Crippen LogP) is 1.65. The number of hydrazine groups is 1. The lowest BCUT2D eigenvalue weighted by atomic mass is 10.2. The van der Waals surface area contributed by atoms with Gasteiger partial charge in [-0.15, -0.1) is 11.8 Å². The van der Waals surface area contributed by atoms with Crippen LogP contribution in [0, 0.1) is 0 Å². The van der Waals surface area contributed by atoms with Gasteiger partial charge in [-0.1, -0.05) is 24.3 Å². The lowest BCUT2D eigenvalue weighted by Gasteiger charge is -2.07. The third-order valence-corrected chi connectivity index (χ3v) is 4.12. The van der Waals surface area contributed by atoms with Gasteiger partial charge in [0.2, 0.25) is 5.91 Å². The van der Waals surface area contributed by atoms with E-state index >= 15 is 0 Å². The van der Waals surface area contributed by atoms with Crippen molar-refractivity contribution in [3.63, 3.8) is 0 Å². The third-order valence-electron chi connectivity index (χ3n) is 3.17. The van der Waals surface area contributed by atoms with Crippen molar-refractivity contribution < 1.29 is 9.59 Å². The molecule has 2 amide bonds. The van der Waals surface area contributed by atoms with E-state index in [2.05, 4.69) is 25.8 Å². The van der Waals surface area contributed by atoms with Crippen LogP contribution in [0.5, 0.6) is 0 Å². The van der Waals surface area contributed by atoms with E-state index in [1.54, 1.807) is 18.5 Å². The van der Waals surface area contributed by atoms with Crippen molar-refractivity contribution in [1.82, 2.24) is 25.8 Å². The zero-order valence-corrected chi connectivity index (χ0v) is 13.5. The number of nitrogens with one attached hydrogen (secondary N) is 3. The second-order valence-corrected chi connectivity index (χ2v) is 5.91. The molecule has 0 fully saturated rings. The van der Waals surface area contributed by atoms with Crippen molar-refractivity contribution in [3.05, 3.63) is 60.3 Å². The number of para-hydroxylation sites is 1. The molecule has 3 N–H and O–H groups in total. The van der Waals surface area contributed by atoms with Gasteiger partial charge in [-0.25, -0.2) is 9.97 Å². The highest BCUT2D eigenvalue weighted by Gasteiger charge is 2.09. The number of hydrogen-bond acceptors (Lipinski definition) is 5. The summed E-state index contributed by atoms with van der Waals surface area (Å²) in [5, 5.41) is 0.951. The molecule has 3 aromatic rings.